The predicted octanol–water partition coefficient (Wildman–Crippen LogP) is 4.26. The molecule has 0 saturated carbocycles. The smallest absolute Gasteiger partial charge is 0.0313 e. The Balaban J connectivity index is 3.12. The van der Waals surface area contributed by atoms with Crippen molar-refractivity contribution >= 4 is 0 Å². The van der Waals surface area contributed by atoms with Crippen LogP contribution in [0.2, 0.25) is 0 Å². The molecule has 68 valence electrons. The maximum atomic E-state index is 3.61. The third-order valence-corrected chi connectivity index (χ3v) is 1.66. The molecule has 0 atom stereocenters. The summed E-state index contributed by atoms with van der Waals surface area (Å²) in [6, 6.07) is 0. The van der Waals surface area contributed by atoms with Gasteiger partial charge in [0.1, 0.15) is 0 Å². The van der Waals surface area contributed by atoms with Gasteiger partial charge in [0.15, 0.2) is 0 Å². The van der Waals surface area contributed by atoms with Gasteiger partial charge in [-0.25, -0.2) is 0 Å². The average Bonchev–Trinajstić information content (AvgIpc) is 2.10. The summed E-state index contributed by atoms with van der Waals surface area (Å²) in [5, 5.41) is 0. The Labute approximate surface area is 76.7 Å². The van der Waals surface area contributed by atoms with Gasteiger partial charge in [-0.05, 0) is 19.3 Å². The maximum absolute atomic E-state index is 3.61. The number of unbranched alkanes of at least 4 members (excludes halogenated alkanes) is 3. The molecule has 0 N–H and O–H groups in total. The molecule has 12 heavy (non-hydrogen) atoms. The zero-order chi connectivity index (χ0) is 9.07. The van der Waals surface area contributed by atoms with Crippen molar-refractivity contribution < 1.29 is 0 Å². The van der Waals surface area contributed by atoms with Crippen molar-refractivity contribution in [2.24, 2.45) is 0 Å². The first-order valence-electron chi connectivity index (χ1n) is 4.84. The van der Waals surface area contributed by atoms with Crippen molar-refractivity contribution in [3.63, 3.8) is 0 Å². The summed E-state index contributed by atoms with van der Waals surface area (Å²) < 4.78 is 0. The molecule has 0 aromatic carbocycles. The van der Waals surface area contributed by atoms with E-state index in [1.807, 2.05) is 12.2 Å². The first-order chi connectivity index (χ1) is 5.91. The third kappa shape index (κ3) is 9.22. The highest BCUT2D eigenvalue weighted by Gasteiger charge is 1.78. The first-order valence-corrected chi connectivity index (χ1v) is 4.84. The summed E-state index contributed by atoms with van der Waals surface area (Å²) in [6.07, 6.45) is 16.7. The first kappa shape index (κ1) is 11.2. The lowest BCUT2D eigenvalue weighted by atomic mass is 10.2. The Morgan fingerprint density at radius 1 is 1.00 bits per heavy atom. The second kappa shape index (κ2) is 10.2. The Morgan fingerprint density at radius 2 is 1.67 bits per heavy atom. The minimum atomic E-state index is 1.13. The molecule has 0 radical (unpaired) electrons. The number of hydrogen-bond donors (Lipinski definition) is 0. The highest BCUT2D eigenvalue weighted by atomic mass is 13.8. The molecule has 0 heteroatoms. The Bertz CT molecular complexity index is 140. The quantitative estimate of drug-likeness (QED) is 0.300. The second-order valence-corrected chi connectivity index (χ2v) is 2.85. The van der Waals surface area contributed by atoms with Gasteiger partial charge in [0.2, 0.25) is 0 Å². The topological polar surface area (TPSA) is 0 Å². The van der Waals surface area contributed by atoms with Crippen LogP contribution in [-0.2, 0) is 0 Å². The van der Waals surface area contributed by atoms with Crippen LogP contribution >= 0.6 is 0 Å². The fourth-order valence-corrected chi connectivity index (χ4v) is 0.943. The minimum Gasteiger partial charge on any atom is -0.0991 e. The van der Waals surface area contributed by atoms with Gasteiger partial charge in [-0.3, -0.25) is 0 Å². The van der Waals surface area contributed by atoms with E-state index < -0.39 is 0 Å². The molecule has 0 amide bonds. The Kier molecular flexibility index (Phi) is 9.56. The molecular weight excluding hydrogens is 144 g/mol. The monoisotopic (exact) mass is 164 g/mol. The third-order valence-electron chi connectivity index (χ3n) is 1.66. The fourth-order valence-electron chi connectivity index (χ4n) is 0.943. The molecule has 0 bridgehead atoms. The van der Waals surface area contributed by atoms with Crippen molar-refractivity contribution in [3.8, 4) is 0 Å². The van der Waals surface area contributed by atoms with E-state index in [1.54, 1.807) is 0 Å². The van der Waals surface area contributed by atoms with E-state index in [9.17, 15) is 0 Å². The minimum absolute atomic E-state index is 1.13. The molecule has 0 aliphatic carbocycles. The zero-order valence-corrected chi connectivity index (χ0v) is 8.13. The van der Waals surface area contributed by atoms with Crippen LogP contribution in [0.25, 0.3) is 0 Å². The maximum Gasteiger partial charge on any atom is -0.0313 e. The van der Waals surface area contributed by atoms with Gasteiger partial charge in [0, 0.05) is 0 Å². The van der Waals surface area contributed by atoms with Crippen LogP contribution in [0.15, 0.2) is 37.0 Å². The van der Waals surface area contributed by atoms with E-state index in [-0.39, 0.29) is 0 Å². The van der Waals surface area contributed by atoms with E-state index in [0.717, 1.165) is 12.8 Å². The van der Waals surface area contributed by atoms with Gasteiger partial charge in [0.25, 0.3) is 0 Å². The summed E-state index contributed by atoms with van der Waals surface area (Å²) in [7, 11) is 0. The van der Waals surface area contributed by atoms with Gasteiger partial charge in [0.05, 0.1) is 0 Å². The van der Waals surface area contributed by atoms with Crippen molar-refractivity contribution in [3.05, 3.63) is 37.0 Å². The molecule has 0 nitrogen and oxygen atoms in total. The normalized spacial score (nSPS) is 11.4. The molecule has 0 rings (SSSR count). The van der Waals surface area contributed by atoms with Gasteiger partial charge in [-0.2, -0.15) is 0 Å². The molecule has 0 aromatic heterocycles. The van der Waals surface area contributed by atoms with Crippen molar-refractivity contribution in [2.75, 3.05) is 0 Å². The lowest BCUT2D eigenvalue weighted by Gasteiger charge is -1.88. The zero-order valence-electron chi connectivity index (χ0n) is 8.13. The highest BCUT2D eigenvalue weighted by Crippen LogP contribution is 1.98. The summed E-state index contributed by atoms with van der Waals surface area (Å²) >= 11 is 0. The molecule has 0 aliphatic rings. The molecule has 0 saturated heterocycles. The van der Waals surface area contributed by atoms with Gasteiger partial charge >= 0.3 is 0 Å². The van der Waals surface area contributed by atoms with Crippen LogP contribution in [-0.4, -0.2) is 0 Å². The van der Waals surface area contributed by atoms with E-state index in [4.69, 9.17) is 0 Å². The molecule has 0 heterocycles. The van der Waals surface area contributed by atoms with Crippen LogP contribution in [0.4, 0.5) is 0 Å². The highest BCUT2D eigenvalue weighted by molar-refractivity contribution is 4.98. The summed E-state index contributed by atoms with van der Waals surface area (Å²) in [5.74, 6) is 0. The molecular formula is C12H20. The lowest BCUT2D eigenvalue weighted by molar-refractivity contribution is 0.811. The standard InChI is InChI=1S/C12H20/c1-3-5-7-9-11-12-10-8-6-4-2/h3,5,7,10,12H,1,4,6,8-9,11H2,2H3. The van der Waals surface area contributed by atoms with Crippen LogP contribution < -0.4 is 0 Å². The summed E-state index contributed by atoms with van der Waals surface area (Å²) in [4.78, 5) is 0. The molecule has 0 aromatic rings. The van der Waals surface area contributed by atoms with Crippen molar-refractivity contribution in [1.29, 1.82) is 0 Å². The number of hydrogen-bond acceptors (Lipinski definition) is 0. The average molecular weight is 164 g/mol. The van der Waals surface area contributed by atoms with E-state index >= 15 is 0 Å². The predicted molar refractivity (Wildman–Crippen MR) is 57.2 cm³/mol. The SMILES string of the molecule is C=CC=CCCC=CCCCC. The van der Waals surface area contributed by atoms with Crippen molar-refractivity contribution in [1.82, 2.24) is 0 Å². The van der Waals surface area contributed by atoms with Crippen LogP contribution in [0.5, 0.6) is 0 Å². The fraction of sp³-hybridized carbons (Fsp3) is 0.500. The van der Waals surface area contributed by atoms with Gasteiger partial charge in [-0.15, -0.1) is 0 Å². The Hall–Kier alpha value is -0.780. The summed E-state index contributed by atoms with van der Waals surface area (Å²) in [5.41, 5.74) is 0. The van der Waals surface area contributed by atoms with Gasteiger partial charge in [-0.1, -0.05) is 56.7 Å². The molecule has 0 spiro atoms. The van der Waals surface area contributed by atoms with Gasteiger partial charge < -0.3 is 0 Å². The molecule has 0 aliphatic heterocycles. The van der Waals surface area contributed by atoms with E-state index in [1.165, 1.54) is 19.3 Å². The van der Waals surface area contributed by atoms with Crippen molar-refractivity contribution in [2.45, 2.75) is 39.0 Å². The van der Waals surface area contributed by atoms with E-state index in [0.29, 0.717) is 0 Å². The van der Waals surface area contributed by atoms with Crippen LogP contribution in [0.1, 0.15) is 39.0 Å². The largest absolute Gasteiger partial charge is 0.0991 e. The second-order valence-electron chi connectivity index (χ2n) is 2.85. The lowest BCUT2D eigenvalue weighted by Crippen LogP contribution is -1.68. The Morgan fingerprint density at radius 3 is 2.33 bits per heavy atom. The molecule has 0 fully saturated rings. The van der Waals surface area contributed by atoms with Crippen LogP contribution in [0, 0.1) is 0 Å². The molecule has 0 unspecified atom stereocenters. The number of allylic oxidation sites excluding steroid dienone is 5. The van der Waals surface area contributed by atoms with E-state index in [2.05, 4.69) is 31.7 Å². The number of rotatable bonds is 7. The summed E-state index contributed by atoms with van der Waals surface area (Å²) in [6.45, 7) is 5.84. The van der Waals surface area contributed by atoms with Crippen LogP contribution in [0.3, 0.4) is 0 Å².